The average molecular weight is 179 g/mol. The smallest absolute Gasteiger partial charge is 0.0208 e. The zero-order valence-corrected chi connectivity index (χ0v) is 9.35. The summed E-state index contributed by atoms with van der Waals surface area (Å²) in [5.74, 6) is 0.597. The number of nitrogens with zero attached hydrogens (tertiary/aromatic N) is 1. The van der Waals surface area contributed by atoms with Gasteiger partial charge in [0.25, 0.3) is 0 Å². The lowest BCUT2D eigenvalue weighted by Gasteiger charge is -2.30. The Balaban J connectivity index is 2.82. The number of hydrogen-bond donors (Lipinski definition) is 0. The van der Waals surface area contributed by atoms with Crippen LogP contribution in [0.2, 0.25) is 0 Å². The fraction of sp³-hybridized carbons (Fsp3) is 0.667. The van der Waals surface area contributed by atoms with E-state index in [9.17, 15) is 0 Å². The van der Waals surface area contributed by atoms with Gasteiger partial charge in [0, 0.05) is 19.3 Å². The molecule has 0 aliphatic carbocycles. The highest BCUT2D eigenvalue weighted by Crippen LogP contribution is 2.26. The van der Waals surface area contributed by atoms with Crippen LogP contribution in [0.25, 0.3) is 0 Å². The third-order valence-corrected chi connectivity index (χ3v) is 3.22. The molecule has 1 heterocycles. The Morgan fingerprint density at radius 1 is 1.31 bits per heavy atom. The second-order valence-electron chi connectivity index (χ2n) is 4.33. The fourth-order valence-corrected chi connectivity index (χ4v) is 1.82. The minimum Gasteiger partial charge on any atom is -0.378 e. The van der Waals surface area contributed by atoms with Gasteiger partial charge in [-0.25, -0.2) is 0 Å². The van der Waals surface area contributed by atoms with E-state index in [-0.39, 0.29) is 0 Å². The van der Waals surface area contributed by atoms with Gasteiger partial charge in [-0.15, -0.1) is 0 Å². The van der Waals surface area contributed by atoms with Crippen LogP contribution in [-0.4, -0.2) is 18.5 Å². The highest BCUT2D eigenvalue weighted by Gasteiger charge is 2.15. The first-order chi connectivity index (χ1) is 6.02. The quantitative estimate of drug-likeness (QED) is 0.516. The molecule has 1 atom stereocenters. The minimum absolute atomic E-state index is 0.597. The Bertz CT molecular complexity index is 238. The first-order valence-electron chi connectivity index (χ1n) is 5.07. The normalized spacial score (nSPS) is 31.5. The number of allylic oxidation sites excluding steroid dienone is 2. The van der Waals surface area contributed by atoms with Crippen LogP contribution in [-0.2, 0) is 0 Å². The van der Waals surface area contributed by atoms with Gasteiger partial charge < -0.3 is 4.90 Å². The van der Waals surface area contributed by atoms with Crippen molar-refractivity contribution in [3.8, 4) is 0 Å². The lowest BCUT2D eigenvalue weighted by Crippen LogP contribution is -2.24. The molecule has 0 saturated heterocycles. The zero-order chi connectivity index (χ0) is 10.0. The fourth-order valence-electron chi connectivity index (χ4n) is 1.82. The molecule has 0 fully saturated rings. The van der Waals surface area contributed by atoms with E-state index in [1.165, 1.54) is 18.5 Å². The van der Waals surface area contributed by atoms with Gasteiger partial charge in [-0.3, -0.25) is 0 Å². The molecule has 0 N–H and O–H groups in total. The van der Waals surface area contributed by atoms with Crippen LogP contribution in [0.15, 0.2) is 23.4 Å². The molecule has 1 nitrogen and oxygen atoms in total. The van der Waals surface area contributed by atoms with Crippen LogP contribution >= 0.6 is 0 Å². The third-order valence-electron chi connectivity index (χ3n) is 3.22. The van der Waals surface area contributed by atoms with Gasteiger partial charge in [0.2, 0.25) is 0 Å². The van der Waals surface area contributed by atoms with Crippen LogP contribution in [0, 0.1) is 5.92 Å². The van der Waals surface area contributed by atoms with Crippen LogP contribution < -0.4 is 0 Å². The minimum atomic E-state index is 0.597. The van der Waals surface area contributed by atoms with E-state index in [0.717, 1.165) is 6.54 Å². The lowest BCUT2D eigenvalue weighted by molar-refractivity contribution is 0.360. The van der Waals surface area contributed by atoms with Crippen molar-refractivity contribution in [2.75, 3.05) is 13.6 Å². The largest absolute Gasteiger partial charge is 0.378 e. The molecular formula is C12H21N. The maximum absolute atomic E-state index is 4.14. The Kier molecular flexibility index (Phi) is 3.18. The van der Waals surface area contributed by atoms with Crippen LogP contribution in [0.1, 0.15) is 33.6 Å². The molecule has 0 aromatic rings. The van der Waals surface area contributed by atoms with E-state index in [4.69, 9.17) is 0 Å². The molecule has 0 amide bonds. The van der Waals surface area contributed by atoms with Crippen molar-refractivity contribution in [2.45, 2.75) is 33.6 Å². The van der Waals surface area contributed by atoms with Crippen molar-refractivity contribution in [3.05, 3.63) is 23.4 Å². The summed E-state index contributed by atoms with van der Waals surface area (Å²) in [4.78, 5) is 2.29. The van der Waals surface area contributed by atoms with Gasteiger partial charge in [0.1, 0.15) is 0 Å². The predicted octanol–water partition coefficient (Wildman–Crippen LogP) is 3.20. The second kappa shape index (κ2) is 3.99. The van der Waals surface area contributed by atoms with Crippen molar-refractivity contribution < 1.29 is 0 Å². The molecule has 0 aromatic heterocycles. The summed E-state index contributed by atoms with van der Waals surface area (Å²) < 4.78 is 0. The standard InChI is InChI=1S/C12H21N/c1-9-6-7-13(5)12(4)11(3)8-10(9)2/h11H,4,6-8H2,1-3,5H3/b10-9-. The van der Waals surface area contributed by atoms with Gasteiger partial charge in [-0.1, -0.05) is 24.6 Å². The number of hydrogen-bond acceptors (Lipinski definition) is 1. The molecule has 0 aromatic carbocycles. The van der Waals surface area contributed by atoms with E-state index in [2.05, 4.69) is 39.3 Å². The molecule has 0 radical (unpaired) electrons. The molecule has 0 bridgehead atoms. The van der Waals surface area contributed by atoms with Crippen LogP contribution in [0.4, 0.5) is 0 Å². The van der Waals surface area contributed by atoms with Crippen molar-refractivity contribution in [2.24, 2.45) is 5.92 Å². The van der Waals surface area contributed by atoms with Crippen molar-refractivity contribution in [1.82, 2.24) is 4.90 Å². The Labute approximate surface area is 82.1 Å². The summed E-state index contributed by atoms with van der Waals surface area (Å²) in [6.45, 7) is 12.0. The molecular weight excluding hydrogens is 158 g/mol. The van der Waals surface area contributed by atoms with E-state index in [1.807, 2.05) is 0 Å². The summed E-state index contributed by atoms with van der Waals surface area (Å²) in [7, 11) is 2.15. The summed E-state index contributed by atoms with van der Waals surface area (Å²) >= 11 is 0. The molecule has 0 saturated carbocycles. The third kappa shape index (κ3) is 2.36. The first kappa shape index (κ1) is 10.4. The Hall–Kier alpha value is -0.720. The molecule has 1 aliphatic rings. The summed E-state index contributed by atoms with van der Waals surface area (Å²) in [6.07, 6.45) is 2.36. The van der Waals surface area contributed by atoms with Crippen LogP contribution in [0.5, 0.6) is 0 Å². The van der Waals surface area contributed by atoms with Crippen molar-refractivity contribution in [3.63, 3.8) is 0 Å². The average Bonchev–Trinajstić information content (AvgIpc) is 2.10. The van der Waals surface area contributed by atoms with E-state index in [1.54, 1.807) is 11.1 Å². The molecule has 0 spiro atoms. The summed E-state index contributed by atoms with van der Waals surface area (Å²) in [6, 6.07) is 0. The summed E-state index contributed by atoms with van der Waals surface area (Å²) in [5, 5.41) is 0. The maximum Gasteiger partial charge on any atom is 0.0208 e. The van der Waals surface area contributed by atoms with Gasteiger partial charge in [0.05, 0.1) is 0 Å². The maximum atomic E-state index is 4.14. The molecule has 74 valence electrons. The first-order valence-corrected chi connectivity index (χ1v) is 5.07. The SMILES string of the molecule is C=C1C(C)C/C(C)=C(/C)CCN1C. The summed E-state index contributed by atoms with van der Waals surface area (Å²) in [5.41, 5.74) is 4.40. The second-order valence-corrected chi connectivity index (χ2v) is 4.33. The Morgan fingerprint density at radius 3 is 2.54 bits per heavy atom. The predicted molar refractivity (Wildman–Crippen MR) is 58.5 cm³/mol. The van der Waals surface area contributed by atoms with Gasteiger partial charge >= 0.3 is 0 Å². The highest BCUT2D eigenvalue weighted by molar-refractivity contribution is 5.16. The van der Waals surface area contributed by atoms with Crippen molar-refractivity contribution in [1.29, 1.82) is 0 Å². The molecule has 1 aliphatic heterocycles. The lowest BCUT2D eigenvalue weighted by atomic mass is 9.93. The molecule has 1 unspecified atom stereocenters. The highest BCUT2D eigenvalue weighted by atomic mass is 15.1. The van der Waals surface area contributed by atoms with Gasteiger partial charge in [-0.2, -0.15) is 0 Å². The van der Waals surface area contributed by atoms with E-state index in [0.29, 0.717) is 5.92 Å². The van der Waals surface area contributed by atoms with E-state index < -0.39 is 0 Å². The monoisotopic (exact) mass is 179 g/mol. The molecule has 1 heteroatoms. The Morgan fingerprint density at radius 2 is 1.92 bits per heavy atom. The van der Waals surface area contributed by atoms with Crippen LogP contribution in [0.3, 0.4) is 0 Å². The zero-order valence-electron chi connectivity index (χ0n) is 9.35. The van der Waals surface area contributed by atoms with Crippen molar-refractivity contribution >= 4 is 0 Å². The number of rotatable bonds is 0. The topological polar surface area (TPSA) is 3.24 Å². The van der Waals surface area contributed by atoms with Gasteiger partial charge in [0.15, 0.2) is 0 Å². The van der Waals surface area contributed by atoms with E-state index >= 15 is 0 Å². The molecule has 13 heavy (non-hydrogen) atoms. The molecule has 1 rings (SSSR count). The van der Waals surface area contributed by atoms with Gasteiger partial charge in [-0.05, 0) is 32.6 Å².